The molecular formula is C25H35N3O3. The summed E-state index contributed by atoms with van der Waals surface area (Å²) >= 11 is 0. The molecule has 2 N–H and O–H groups in total. The second kappa shape index (κ2) is 7.46. The molecule has 4 aliphatic rings. The lowest BCUT2D eigenvalue weighted by Crippen LogP contribution is -2.43. The highest BCUT2D eigenvalue weighted by Gasteiger charge is 2.63. The number of imidazole rings is 1. The summed E-state index contributed by atoms with van der Waals surface area (Å²) in [6, 6.07) is 7.39. The van der Waals surface area contributed by atoms with Crippen molar-refractivity contribution in [1.29, 1.82) is 0 Å². The molecule has 1 aromatic heterocycles. The van der Waals surface area contributed by atoms with Crippen LogP contribution in [0.15, 0.2) is 29.1 Å². The van der Waals surface area contributed by atoms with Crippen LogP contribution >= 0.6 is 0 Å². The zero-order valence-electron chi connectivity index (χ0n) is 18.3. The second-order valence-corrected chi connectivity index (χ2v) is 10.7. The highest BCUT2D eigenvalue weighted by molar-refractivity contribution is 5.76. The third kappa shape index (κ3) is 2.98. The average Bonchev–Trinajstić information content (AvgIpc) is 3.20. The summed E-state index contributed by atoms with van der Waals surface area (Å²) in [5, 5.41) is 19.4. The fourth-order valence-corrected chi connectivity index (χ4v) is 7.69. The maximum atomic E-state index is 13.4. The predicted molar refractivity (Wildman–Crippen MR) is 120 cm³/mol. The summed E-state index contributed by atoms with van der Waals surface area (Å²) in [6.45, 7) is 2.90. The van der Waals surface area contributed by atoms with Crippen LogP contribution in [0.25, 0.3) is 11.0 Å². The highest BCUT2D eigenvalue weighted by Crippen LogP contribution is 2.71. The van der Waals surface area contributed by atoms with E-state index in [1.807, 2.05) is 28.8 Å². The standard InChI is InChI=1S/C25H35N3O3/c29-15-20(16-30)28-23-4-2-1-3-22(23)27(24(28)31)19-7-11-26(12-8-19)14-21-17-5-6-18(13-17)25(21)9-10-25/h1-4,17-21,29-30H,5-16H2/t17-,18-,21-/m1/s1. The molecule has 4 fully saturated rings. The largest absolute Gasteiger partial charge is 0.394 e. The van der Waals surface area contributed by atoms with Crippen molar-refractivity contribution in [2.45, 2.75) is 57.0 Å². The average molecular weight is 426 g/mol. The molecule has 0 radical (unpaired) electrons. The molecule has 3 atom stereocenters. The number of para-hydroxylation sites is 2. The van der Waals surface area contributed by atoms with E-state index in [4.69, 9.17) is 0 Å². The minimum atomic E-state index is -0.591. The van der Waals surface area contributed by atoms with Crippen LogP contribution in [-0.2, 0) is 0 Å². The minimum Gasteiger partial charge on any atom is -0.394 e. The summed E-state index contributed by atoms with van der Waals surface area (Å²) in [6.07, 6.45) is 9.36. The Bertz CT molecular complexity index is 1010. The van der Waals surface area contributed by atoms with Gasteiger partial charge >= 0.3 is 5.69 Å². The Labute approximate surface area is 183 Å². The Hall–Kier alpha value is -1.63. The molecule has 3 aliphatic carbocycles. The van der Waals surface area contributed by atoms with Crippen molar-refractivity contribution < 1.29 is 10.2 Å². The maximum Gasteiger partial charge on any atom is 0.329 e. The number of benzene rings is 1. The number of likely N-dealkylation sites (tertiary alicyclic amines) is 1. The molecule has 1 spiro atoms. The van der Waals surface area contributed by atoms with Crippen LogP contribution < -0.4 is 5.69 Å². The lowest BCUT2D eigenvalue weighted by molar-refractivity contribution is 0.100. The van der Waals surface area contributed by atoms with Crippen molar-refractivity contribution >= 4 is 11.0 Å². The number of aromatic nitrogens is 2. The zero-order valence-corrected chi connectivity index (χ0v) is 18.3. The van der Waals surface area contributed by atoms with E-state index in [1.54, 1.807) is 4.57 Å². The molecule has 31 heavy (non-hydrogen) atoms. The monoisotopic (exact) mass is 425 g/mol. The van der Waals surface area contributed by atoms with Gasteiger partial charge in [0.15, 0.2) is 0 Å². The van der Waals surface area contributed by atoms with Crippen LogP contribution in [0.1, 0.15) is 57.0 Å². The van der Waals surface area contributed by atoms with E-state index in [-0.39, 0.29) is 24.9 Å². The quantitative estimate of drug-likeness (QED) is 0.747. The number of rotatable bonds is 6. The summed E-state index contributed by atoms with van der Waals surface area (Å²) < 4.78 is 3.53. The first-order valence-electron chi connectivity index (χ1n) is 12.3. The number of hydrogen-bond acceptors (Lipinski definition) is 4. The molecule has 2 heterocycles. The van der Waals surface area contributed by atoms with Gasteiger partial charge in [-0.1, -0.05) is 12.1 Å². The Morgan fingerprint density at radius 2 is 1.71 bits per heavy atom. The van der Waals surface area contributed by atoms with Crippen molar-refractivity contribution in [2.24, 2.45) is 23.2 Å². The van der Waals surface area contributed by atoms with Gasteiger partial charge in [-0.15, -0.1) is 0 Å². The van der Waals surface area contributed by atoms with Crippen LogP contribution in [0, 0.1) is 23.2 Å². The van der Waals surface area contributed by atoms with Crippen LogP contribution in [0.4, 0.5) is 0 Å². The second-order valence-electron chi connectivity index (χ2n) is 10.7. The zero-order chi connectivity index (χ0) is 21.2. The van der Waals surface area contributed by atoms with Crippen molar-refractivity contribution in [3.05, 3.63) is 34.7 Å². The van der Waals surface area contributed by atoms with E-state index in [9.17, 15) is 15.0 Å². The van der Waals surface area contributed by atoms with Crippen LogP contribution in [-0.4, -0.2) is 57.1 Å². The number of fused-ring (bicyclic) bond motifs is 4. The summed E-state index contributed by atoms with van der Waals surface area (Å²) in [5.41, 5.74) is 2.34. The van der Waals surface area contributed by atoms with Gasteiger partial charge in [0, 0.05) is 25.7 Å². The summed E-state index contributed by atoms with van der Waals surface area (Å²) in [7, 11) is 0. The molecular weight excluding hydrogens is 390 g/mol. The van der Waals surface area contributed by atoms with Crippen molar-refractivity contribution in [2.75, 3.05) is 32.8 Å². The Balaban J connectivity index is 1.21. The summed E-state index contributed by atoms with van der Waals surface area (Å²) in [5.74, 6) is 2.91. The van der Waals surface area contributed by atoms with Gasteiger partial charge in [-0.05, 0) is 80.2 Å². The smallest absolute Gasteiger partial charge is 0.329 e. The van der Waals surface area contributed by atoms with Crippen molar-refractivity contribution in [3.8, 4) is 0 Å². The molecule has 0 amide bonds. The molecule has 6 heteroatoms. The van der Waals surface area contributed by atoms with Gasteiger partial charge in [0.1, 0.15) is 0 Å². The van der Waals surface area contributed by atoms with Gasteiger partial charge < -0.3 is 15.1 Å². The lowest BCUT2D eigenvalue weighted by atomic mass is 9.76. The number of piperidine rings is 1. The molecule has 2 bridgehead atoms. The molecule has 2 aromatic rings. The van der Waals surface area contributed by atoms with Gasteiger partial charge in [0.05, 0.1) is 30.3 Å². The molecule has 0 unspecified atom stereocenters. The first kappa shape index (κ1) is 20.0. The Morgan fingerprint density at radius 3 is 2.39 bits per heavy atom. The number of hydrogen-bond donors (Lipinski definition) is 2. The number of nitrogens with zero attached hydrogens (tertiary/aromatic N) is 3. The normalized spacial score (nSPS) is 30.2. The molecule has 3 saturated carbocycles. The van der Waals surface area contributed by atoms with Crippen LogP contribution in [0.2, 0.25) is 0 Å². The van der Waals surface area contributed by atoms with Gasteiger partial charge in [0.2, 0.25) is 0 Å². The molecule has 168 valence electrons. The van der Waals surface area contributed by atoms with Crippen LogP contribution in [0.5, 0.6) is 0 Å². The van der Waals surface area contributed by atoms with Gasteiger partial charge in [-0.25, -0.2) is 4.79 Å². The SMILES string of the molecule is O=c1n(C(CO)CO)c2ccccc2n1C1CCN(C[C@@H]2[C@@H]3CC[C@H](C3)C23CC3)CC1. The minimum absolute atomic E-state index is 0.0993. The van der Waals surface area contributed by atoms with E-state index in [1.165, 1.54) is 38.6 Å². The fraction of sp³-hybridized carbons (Fsp3) is 0.720. The van der Waals surface area contributed by atoms with E-state index in [0.29, 0.717) is 5.41 Å². The molecule has 1 saturated heterocycles. The van der Waals surface area contributed by atoms with E-state index in [2.05, 4.69) is 4.90 Å². The van der Waals surface area contributed by atoms with E-state index < -0.39 is 6.04 Å². The summed E-state index contributed by atoms with van der Waals surface area (Å²) in [4.78, 5) is 16.1. The maximum absolute atomic E-state index is 13.4. The fourth-order valence-electron chi connectivity index (χ4n) is 7.69. The first-order valence-corrected chi connectivity index (χ1v) is 12.3. The Kier molecular flexibility index (Phi) is 4.82. The number of aliphatic hydroxyl groups excluding tert-OH is 2. The lowest BCUT2D eigenvalue weighted by Gasteiger charge is -2.39. The predicted octanol–water partition coefficient (Wildman–Crippen LogP) is 2.79. The van der Waals surface area contributed by atoms with Gasteiger partial charge in [-0.2, -0.15) is 0 Å². The number of aliphatic hydroxyl groups is 2. The van der Waals surface area contributed by atoms with E-state index >= 15 is 0 Å². The van der Waals surface area contributed by atoms with Crippen molar-refractivity contribution in [1.82, 2.24) is 14.0 Å². The first-order chi connectivity index (χ1) is 15.2. The topological polar surface area (TPSA) is 70.6 Å². The molecule has 6 nitrogen and oxygen atoms in total. The third-order valence-corrected chi connectivity index (χ3v) is 9.40. The molecule has 6 rings (SSSR count). The molecule has 1 aliphatic heterocycles. The Morgan fingerprint density at radius 1 is 1.00 bits per heavy atom. The van der Waals surface area contributed by atoms with Gasteiger partial charge in [-0.3, -0.25) is 9.13 Å². The van der Waals surface area contributed by atoms with Crippen LogP contribution in [0.3, 0.4) is 0 Å². The van der Waals surface area contributed by atoms with Gasteiger partial charge in [0.25, 0.3) is 0 Å². The van der Waals surface area contributed by atoms with E-state index in [0.717, 1.165) is 54.7 Å². The van der Waals surface area contributed by atoms with Crippen molar-refractivity contribution in [3.63, 3.8) is 0 Å². The highest BCUT2D eigenvalue weighted by atomic mass is 16.3. The molecule has 1 aromatic carbocycles. The third-order valence-electron chi connectivity index (χ3n) is 9.40.